The van der Waals surface area contributed by atoms with Crippen LogP contribution in [0.25, 0.3) is 11.1 Å². The van der Waals surface area contributed by atoms with Crippen molar-refractivity contribution in [2.75, 3.05) is 26.4 Å². The number of benzene rings is 2. The van der Waals surface area contributed by atoms with Gasteiger partial charge in [-0.15, -0.1) is 0 Å². The molecule has 0 bridgehead atoms. The van der Waals surface area contributed by atoms with Crippen LogP contribution in [-0.2, 0) is 38.1 Å². The third-order valence-electron chi connectivity index (χ3n) is 8.07. The molecule has 0 heterocycles. The van der Waals surface area contributed by atoms with E-state index < -0.39 is 53.2 Å². The number of aliphatic hydroxyl groups is 1. The normalized spacial score (nSPS) is 17.0. The van der Waals surface area contributed by atoms with Crippen LogP contribution in [-0.4, -0.2) is 61.2 Å². The standard InChI is InChI=1S/C32H36O10/c1-3-39-27(35)31(15-5-16-31)29(37)41-19-25(33)23-11-7-21(8-12-23)22-9-13-24(14-10-22)26(34)20-42-30(38)32(17-6-18-32)28(36)40-4-2/h7-14,25,33H,3-6,15-20H2,1-2H3. The Bertz CT molecular complexity index is 1300. The number of hydrogen-bond acceptors (Lipinski definition) is 10. The van der Waals surface area contributed by atoms with Crippen molar-refractivity contribution in [3.63, 3.8) is 0 Å². The minimum absolute atomic E-state index is 0.164. The number of aliphatic hydroxyl groups excluding tert-OH is 1. The van der Waals surface area contributed by atoms with Gasteiger partial charge in [0.05, 0.1) is 13.2 Å². The first kappa shape index (κ1) is 30.9. The molecule has 42 heavy (non-hydrogen) atoms. The van der Waals surface area contributed by atoms with Crippen LogP contribution in [0.5, 0.6) is 0 Å². The predicted molar refractivity (Wildman–Crippen MR) is 149 cm³/mol. The highest BCUT2D eigenvalue weighted by atomic mass is 16.6. The molecule has 2 aromatic carbocycles. The van der Waals surface area contributed by atoms with Crippen molar-refractivity contribution in [1.82, 2.24) is 0 Å². The van der Waals surface area contributed by atoms with Gasteiger partial charge in [0, 0.05) is 5.56 Å². The van der Waals surface area contributed by atoms with Gasteiger partial charge in [-0.1, -0.05) is 48.5 Å². The van der Waals surface area contributed by atoms with Crippen LogP contribution in [0.15, 0.2) is 48.5 Å². The van der Waals surface area contributed by atoms with Gasteiger partial charge in [-0.2, -0.15) is 0 Å². The van der Waals surface area contributed by atoms with Crippen LogP contribution in [0.1, 0.15) is 74.4 Å². The number of esters is 4. The van der Waals surface area contributed by atoms with Gasteiger partial charge in [-0.25, -0.2) is 0 Å². The molecule has 2 fully saturated rings. The summed E-state index contributed by atoms with van der Waals surface area (Å²) in [6.07, 6.45) is 1.83. The molecule has 0 spiro atoms. The molecule has 4 rings (SSSR count). The van der Waals surface area contributed by atoms with Gasteiger partial charge in [-0.05, 0) is 69.1 Å². The lowest BCUT2D eigenvalue weighted by Crippen LogP contribution is -2.47. The van der Waals surface area contributed by atoms with E-state index in [0.29, 0.717) is 43.2 Å². The first-order chi connectivity index (χ1) is 20.2. The monoisotopic (exact) mass is 580 g/mol. The molecule has 10 nitrogen and oxygen atoms in total. The van der Waals surface area contributed by atoms with E-state index >= 15 is 0 Å². The van der Waals surface area contributed by atoms with Crippen molar-refractivity contribution in [2.45, 2.75) is 58.5 Å². The summed E-state index contributed by atoms with van der Waals surface area (Å²) in [7, 11) is 0. The number of ether oxygens (including phenoxy) is 4. The molecule has 10 heteroatoms. The van der Waals surface area contributed by atoms with Gasteiger partial charge < -0.3 is 24.1 Å². The average molecular weight is 581 g/mol. The number of carbonyl (C=O) groups is 5. The summed E-state index contributed by atoms with van der Waals surface area (Å²) in [6.45, 7) is 2.92. The van der Waals surface area contributed by atoms with Crippen LogP contribution in [0.3, 0.4) is 0 Å². The molecule has 0 saturated heterocycles. The Balaban J connectivity index is 1.29. The number of Topliss-reactive ketones (excluding diaryl/α,β-unsaturated/α-hetero) is 1. The number of ketones is 1. The second-order valence-electron chi connectivity index (χ2n) is 10.6. The molecule has 0 amide bonds. The van der Waals surface area contributed by atoms with E-state index in [4.69, 9.17) is 18.9 Å². The molecule has 1 atom stereocenters. The minimum Gasteiger partial charge on any atom is -0.465 e. The van der Waals surface area contributed by atoms with Gasteiger partial charge in [0.15, 0.2) is 23.2 Å². The highest BCUT2D eigenvalue weighted by Crippen LogP contribution is 2.44. The maximum absolute atomic E-state index is 12.6. The van der Waals surface area contributed by atoms with E-state index in [1.54, 1.807) is 62.4 Å². The summed E-state index contributed by atoms with van der Waals surface area (Å²) in [5.41, 5.74) is -0.0464. The Morgan fingerprint density at radius 1 is 0.667 bits per heavy atom. The third-order valence-corrected chi connectivity index (χ3v) is 8.07. The van der Waals surface area contributed by atoms with E-state index in [2.05, 4.69) is 0 Å². The Hall–Kier alpha value is -4.05. The summed E-state index contributed by atoms with van der Waals surface area (Å²) < 4.78 is 20.5. The van der Waals surface area contributed by atoms with Crippen LogP contribution < -0.4 is 0 Å². The molecular weight excluding hydrogens is 544 g/mol. The molecule has 0 radical (unpaired) electrons. The van der Waals surface area contributed by atoms with Crippen LogP contribution in [0.4, 0.5) is 0 Å². The zero-order valence-corrected chi connectivity index (χ0v) is 23.9. The van der Waals surface area contributed by atoms with Crippen molar-refractivity contribution < 1.29 is 48.0 Å². The van der Waals surface area contributed by atoms with Crippen molar-refractivity contribution in [1.29, 1.82) is 0 Å². The van der Waals surface area contributed by atoms with Crippen LogP contribution in [0.2, 0.25) is 0 Å². The smallest absolute Gasteiger partial charge is 0.323 e. The lowest BCUT2D eigenvalue weighted by atomic mass is 9.69. The van der Waals surface area contributed by atoms with E-state index in [9.17, 15) is 29.1 Å². The Kier molecular flexibility index (Phi) is 9.78. The summed E-state index contributed by atoms with van der Waals surface area (Å²) in [5, 5.41) is 10.6. The highest BCUT2D eigenvalue weighted by molar-refractivity contribution is 6.03. The summed E-state index contributed by atoms with van der Waals surface area (Å²) >= 11 is 0. The molecular formula is C32H36O10. The first-order valence-electron chi connectivity index (χ1n) is 14.3. The number of rotatable bonds is 13. The van der Waals surface area contributed by atoms with Gasteiger partial charge in [0.25, 0.3) is 0 Å². The van der Waals surface area contributed by atoms with Gasteiger partial charge in [0.1, 0.15) is 12.7 Å². The molecule has 0 aliphatic heterocycles. The van der Waals surface area contributed by atoms with Gasteiger partial charge in [0.2, 0.25) is 0 Å². The van der Waals surface area contributed by atoms with Crippen molar-refractivity contribution in [3.05, 3.63) is 59.7 Å². The zero-order chi connectivity index (χ0) is 30.3. The van der Waals surface area contributed by atoms with Gasteiger partial charge in [-0.3, -0.25) is 24.0 Å². The SMILES string of the molecule is CCOC(=O)C1(C(=O)OCC(=O)c2ccc(-c3ccc(C(O)COC(=O)C4(C(=O)OCC)CCC4)cc3)cc2)CCC1. The van der Waals surface area contributed by atoms with Crippen LogP contribution in [0, 0.1) is 10.8 Å². The first-order valence-corrected chi connectivity index (χ1v) is 14.3. The Morgan fingerprint density at radius 3 is 1.52 bits per heavy atom. The maximum Gasteiger partial charge on any atom is 0.323 e. The van der Waals surface area contributed by atoms with E-state index in [-0.39, 0.29) is 19.8 Å². The largest absolute Gasteiger partial charge is 0.465 e. The Morgan fingerprint density at radius 2 is 1.10 bits per heavy atom. The second-order valence-corrected chi connectivity index (χ2v) is 10.6. The molecule has 2 aliphatic rings. The second kappa shape index (κ2) is 13.3. The zero-order valence-electron chi connectivity index (χ0n) is 23.9. The molecule has 1 N–H and O–H groups in total. The topological polar surface area (TPSA) is 142 Å². The lowest BCUT2D eigenvalue weighted by Gasteiger charge is -2.36. The summed E-state index contributed by atoms with van der Waals surface area (Å²) in [6, 6.07) is 13.7. The van der Waals surface area contributed by atoms with Crippen molar-refractivity contribution in [3.8, 4) is 11.1 Å². The number of carbonyl (C=O) groups excluding carboxylic acids is 5. The summed E-state index contributed by atoms with van der Waals surface area (Å²) in [4.78, 5) is 62.3. The summed E-state index contributed by atoms with van der Waals surface area (Å²) in [5.74, 6) is -2.98. The maximum atomic E-state index is 12.6. The van der Waals surface area contributed by atoms with Crippen molar-refractivity contribution >= 4 is 29.7 Å². The minimum atomic E-state index is -1.30. The molecule has 2 aliphatic carbocycles. The Labute approximate surface area is 244 Å². The molecule has 1 unspecified atom stereocenters. The molecule has 2 aromatic rings. The molecule has 224 valence electrons. The quantitative estimate of drug-likeness (QED) is 0.159. The molecule has 0 aromatic heterocycles. The average Bonchev–Trinajstić information content (AvgIpc) is 2.94. The predicted octanol–water partition coefficient (Wildman–Crippen LogP) is 4.12. The molecule has 2 saturated carbocycles. The van der Waals surface area contributed by atoms with E-state index in [1.165, 1.54) is 0 Å². The fraction of sp³-hybridized carbons (Fsp3) is 0.469. The lowest BCUT2D eigenvalue weighted by molar-refractivity contribution is -0.181. The highest BCUT2D eigenvalue weighted by Gasteiger charge is 2.54. The van der Waals surface area contributed by atoms with Crippen LogP contribution >= 0.6 is 0 Å². The number of hydrogen-bond donors (Lipinski definition) is 1. The van der Waals surface area contributed by atoms with Crippen molar-refractivity contribution in [2.24, 2.45) is 10.8 Å². The third kappa shape index (κ3) is 6.23. The van der Waals surface area contributed by atoms with E-state index in [0.717, 1.165) is 17.5 Å². The fourth-order valence-electron chi connectivity index (χ4n) is 5.07. The fourth-order valence-corrected chi connectivity index (χ4v) is 5.07. The van der Waals surface area contributed by atoms with E-state index in [1.807, 2.05) is 0 Å². The van der Waals surface area contributed by atoms with Gasteiger partial charge >= 0.3 is 23.9 Å².